The molecule has 1 N–H and O–H groups in total. The van der Waals surface area contributed by atoms with Crippen LogP contribution in [0.3, 0.4) is 0 Å². The van der Waals surface area contributed by atoms with E-state index >= 15 is 0 Å². The van der Waals surface area contributed by atoms with Gasteiger partial charge in [0.05, 0.1) is 13.2 Å². The molecule has 0 atom stereocenters. The third kappa shape index (κ3) is 4.00. The van der Waals surface area contributed by atoms with Crippen LogP contribution in [-0.2, 0) is 15.9 Å². The van der Waals surface area contributed by atoms with Crippen molar-refractivity contribution in [1.29, 1.82) is 0 Å². The number of hydrogen-bond donors (Lipinski definition) is 1. The molecular weight excluding hydrogens is 297 g/mol. The molecule has 1 heterocycles. The number of ether oxygens (including phenoxy) is 2. The van der Waals surface area contributed by atoms with E-state index in [-0.39, 0.29) is 23.8 Å². The molecule has 0 saturated carbocycles. The van der Waals surface area contributed by atoms with E-state index in [1.165, 1.54) is 0 Å². The van der Waals surface area contributed by atoms with Crippen molar-refractivity contribution in [3.63, 3.8) is 0 Å². The van der Waals surface area contributed by atoms with Gasteiger partial charge in [-0.25, -0.2) is 13.2 Å². The molecule has 1 saturated heterocycles. The second-order valence-electron chi connectivity index (χ2n) is 6.22. The number of halogens is 3. The first-order chi connectivity index (χ1) is 10.3. The van der Waals surface area contributed by atoms with E-state index in [4.69, 9.17) is 9.47 Å². The molecule has 1 aromatic rings. The van der Waals surface area contributed by atoms with Crippen molar-refractivity contribution in [3.8, 4) is 0 Å². The van der Waals surface area contributed by atoms with Gasteiger partial charge in [0, 0.05) is 11.8 Å². The summed E-state index contributed by atoms with van der Waals surface area (Å²) in [7, 11) is 0. The Morgan fingerprint density at radius 3 is 2.14 bits per heavy atom. The van der Waals surface area contributed by atoms with Gasteiger partial charge in [-0.3, -0.25) is 0 Å². The van der Waals surface area contributed by atoms with Crippen LogP contribution in [0.5, 0.6) is 0 Å². The van der Waals surface area contributed by atoms with Crippen LogP contribution >= 0.6 is 0 Å². The Morgan fingerprint density at radius 1 is 1.09 bits per heavy atom. The number of benzene rings is 1. The summed E-state index contributed by atoms with van der Waals surface area (Å²) in [6.07, 6.45) is 2.02. The van der Waals surface area contributed by atoms with E-state index in [0.717, 1.165) is 25.0 Å². The van der Waals surface area contributed by atoms with Crippen LogP contribution < -0.4 is 0 Å². The highest BCUT2D eigenvalue weighted by Crippen LogP contribution is 2.34. The third-order valence-corrected chi connectivity index (χ3v) is 3.92. The Morgan fingerprint density at radius 2 is 1.64 bits per heavy atom. The Labute approximate surface area is 128 Å². The SMILES string of the molecule is CCCC1(C)COC(O)(CCc2cc(F)c(F)c(F)c2)OC1. The maximum Gasteiger partial charge on any atom is 0.280 e. The van der Waals surface area contributed by atoms with Crippen molar-refractivity contribution >= 4 is 0 Å². The lowest BCUT2D eigenvalue weighted by Crippen LogP contribution is -2.48. The molecule has 2 rings (SSSR count). The molecule has 0 aromatic heterocycles. The van der Waals surface area contributed by atoms with Gasteiger partial charge >= 0.3 is 0 Å². The molecule has 22 heavy (non-hydrogen) atoms. The Balaban J connectivity index is 1.95. The zero-order valence-electron chi connectivity index (χ0n) is 12.8. The maximum absolute atomic E-state index is 13.1. The van der Waals surface area contributed by atoms with Crippen molar-refractivity contribution in [3.05, 3.63) is 35.1 Å². The molecule has 3 nitrogen and oxygen atoms in total. The van der Waals surface area contributed by atoms with Crippen LogP contribution in [0.25, 0.3) is 0 Å². The van der Waals surface area contributed by atoms with Gasteiger partial charge in [0.1, 0.15) is 0 Å². The molecule has 0 amide bonds. The van der Waals surface area contributed by atoms with Crippen molar-refractivity contribution < 1.29 is 27.8 Å². The fourth-order valence-corrected chi connectivity index (χ4v) is 2.60. The molecule has 124 valence electrons. The van der Waals surface area contributed by atoms with Crippen LogP contribution in [0, 0.1) is 22.9 Å². The molecule has 0 radical (unpaired) electrons. The van der Waals surface area contributed by atoms with Crippen LogP contribution in [0.1, 0.15) is 38.7 Å². The highest BCUT2D eigenvalue weighted by atomic mass is 19.2. The molecule has 0 aliphatic carbocycles. The zero-order valence-corrected chi connectivity index (χ0v) is 12.8. The van der Waals surface area contributed by atoms with Crippen LogP contribution in [0.2, 0.25) is 0 Å². The topological polar surface area (TPSA) is 38.7 Å². The summed E-state index contributed by atoms with van der Waals surface area (Å²) in [5.74, 6) is -5.76. The maximum atomic E-state index is 13.1. The van der Waals surface area contributed by atoms with E-state index < -0.39 is 23.4 Å². The van der Waals surface area contributed by atoms with Crippen molar-refractivity contribution in [2.45, 2.75) is 45.5 Å². The van der Waals surface area contributed by atoms with Crippen molar-refractivity contribution in [2.24, 2.45) is 5.41 Å². The first-order valence-corrected chi connectivity index (χ1v) is 7.41. The minimum absolute atomic E-state index is 0.0136. The quantitative estimate of drug-likeness (QED) is 0.844. The van der Waals surface area contributed by atoms with Gasteiger partial charge < -0.3 is 14.6 Å². The van der Waals surface area contributed by atoms with Gasteiger partial charge in [-0.2, -0.15) is 0 Å². The fourth-order valence-electron chi connectivity index (χ4n) is 2.60. The summed E-state index contributed by atoms with van der Waals surface area (Å²) in [6.45, 7) is 4.78. The summed E-state index contributed by atoms with van der Waals surface area (Å²) in [4.78, 5) is 0. The zero-order chi connectivity index (χ0) is 16.4. The van der Waals surface area contributed by atoms with Crippen molar-refractivity contribution in [2.75, 3.05) is 13.2 Å². The minimum atomic E-state index is -1.77. The lowest BCUT2D eigenvalue weighted by atomic mass is 9.87. The van der Waals surface area contributed by atoms with E-state index in [1.54, 1.807) is 0 Å². The van der Waals surface area contributed by atoms with Gasteiger partial charge in [-0.05, 0) is 30.5 Å². The molecule has 1 aliphatic rings. The van der Waals surface area contributed by atoms with E-state index in [9.17, 15) is 18.3 Å². The summed E-state index contributed by atoms with van der Waals surface area (Å²) < 4.78 is 50.0. The van der Waals surface area contributed by atoms with Gasteiger partial charge in [0.25, 0.3) is 5.97 Å². The molecule has 1 aromatic carbocycles. The highest BCUT2D eigenvalue weighted by molar-refractivity contribution is 5.19. The minimum Gasteiger partial charge on any atom is -0.343 e. The first-order valence-electron chi connectivity index (χ1n) is 7.41. The third-order valence-electron chi connectivity index (χ3n) is 3.92. The molecule has 0 unspecified atom stereocenters. The lowest BCUT2D eigenvalue weighted by molar-refractivity contribution is -0.404. The molecular formula is C16H21F3O3. The molecule has 0 spiro atoms. The smallest absolute Gasteiger partial charge is 0.280 e. The monoisotopic (exact) mass is 318 g/mol. The standard InChI is InChI=1S/C16H21F3O3/c1-3-5-15(2)9-21-16(20,22-10-15)6-4-11-7-12(17)14(19)13(18)8-11/h7-8,20H,3-6,9-10H2,1-2H3. The van der Waals surface area contributed by atoms with Gasteiger partial charge in [-0.1, -0.05) is 20.3 Å². The summed E-state index contributed by atoms with van der Waals surface area (Å²) >= 11 is 0. The van der Waals surface area contributed by atoms with E-state index in [2.05, 4.69) is 6.92 Å². The Bertz CT molecular complexity index is 502. The average Bonchev–Trinajstić information content (AvgIpc) is 2.47. The number of hydrogen-bond acceptors (Lipinski definition) is 3. The summed E-state index contributed by atoms with van der Waals surface area (Å²) in [5.41, 5.74) is 0.0913. The van der Waals surface area contributed by atoms with Gasteiger partial charge in [0.2, 0.25) is 0 Å². The van der Waals surface area contributed by atoms with Crippen molar-refractivity contribution in [1.82, 2.24) is 0 Å². The Hall–Kier alpha value is -1.11. The average molecular weight is 318 g/mol. The Kier molecular flexibility index (Phi) is 5.14. The van der Waals surface area contributed by atoms with Crippen LogP contribution in [0.15, 0.2) is 12.1 Å². The fraction of sp³-hybridized carbons (Fsp3) is 0.625. The summed E-state index contributed by atoms with van der Waals surface area (Å²) in [5, 5.41) is 10.2. The van der Waals surface area contributed by atoms with E-state index in [0.29, 0.717) is 13.2 Å². The van der Waals surface area contributed by atoms with E-state index in [1.807, 2.05) is 6.92 Å². The molecule has 1 aliphatic heterocycles. The first kappa shape index (κ1) is 17.2. The largest absolute Gasteiger partial charge is 0.343 e. The van der Waals surface area contributed by atoms with Crippen LogP contribution in [-0.4, -0.2) is 24.3 Å². The second kappa shape index (κ2) is 6.56. The van der Waals surface area contributed by atoms with Gasteiger partial charge in [0.15, 0.2) is 17.5 Å². The predicted octanol–water partition coefficient (Wildman–Crippen LogP) is 3.54. The number of aryl methyl sites for hydroxylation is 1. The lowest BCUT2D eigenvalue weighted by Gasteiger charge is -2.41. The molecule has 0 bridgehead atoms. The normalized spacial score (nSPS) is 28.8. The van der Waals surface area contributed by atoms with Crippen LogP contribution in [0.4, 0.5) is 13.2 Å². The highest BCUT2D eigenvalue weighted by Gasteiger charge is 2.40. The molecule has 6 heteroatoms. The number of aliphatic hydroxyl groups is 1. The predicted molar refractivity (Wildman–Crippen MR) is 74.5 cm³/mol. The number of rotatable bonds is 5. The van der Waals surface area contributed by atoms with Gasteiger partial charge in [-0.15, -0.1) is 0 Å². The second-order valence-corrected chi connectivity index (χ2v) is 6.22. The molecule has 1 fully saturated rings. The summed E-state index contributed by atoms with van der Waals surface area (Å²) in [6, 6.07) is 1.82.